The van der Waals surface area contributed by atoms with E-state index in [0.717, 1.165) is 5.56 Å². The van der Waals surface area contributed by atoms with Crippen molar-refractivity contribution < 1.29 is 13.2 Å². The minimum Gasteiger partial charge on any atom is -0.354 e. The van der Waals surface area contributed by atoms with Gasteiger partial charge in [-0.25, -0.2) is 13.1 Å². The Morgan fingerprint density at radius 1 is 0.960 bits per heavy atom. The van der Waals surface area contributed by atoms with Gasteiger partial charge in [0, 0.05) is 19.6 Å². The highest BCUT2D eigenvalue weighted by molar-refractivity contribution is 7.89. The van der Waals surface area contributed by atoms with Crippen molar-refractivity contribution in [3.8, 4) is 0 Å². The molecule has 0 aromatic heterocycles. The van der Waals surface area contributed by atoms with Gasteiger partial charge in [-0.1, -0.05) is 48.5 Å². The molecule has 0 radical (unpaired) electrons. The van der Waals surface area contributed by atoms with Gasteiger partial charge in [0.15, 0.2) is 0 Å². The molecule has 0 aliphatic carbocycles. The average Bonchev–Trinajstić information content (AvgIpc) is 2.60. The molecule has 2 rings (SSSR count). The summed E-state index contributed by atoms with van der Waals surface area (Å²) in [5, 5.41) is 2.72. The third-order valence-electron chi connectivity index (χ3n) is 3.50. The van der Waals surface area contributed by atoms with Crippen LogP contribution in [0.15, 0.2) is 65.6 Å². The molecule has 0 bridgehead atoms. The van der Waals surface area contributed by atoms with Crippen LogP contribution in [0.5, 0.6) is 0 Å². The number of nitrogens with zero attached hydrogens (tertiary/aromatic N) is 1. The molecule has 2 N–H and O–H groups in total. The Morgan fingerprint density at radius 2 is 1.56 bits per heavy atom. The van der Waals surface area contributed by atoms with Crippen LogP contribution in [0.4, 0.5) is 0 Å². The van der Waals surface area contributed by atoms with Crippen molar-refractivity contribution in [3.63, 3.8) is 0 Å². The lowest BCUT2D eigenvalue weighted by atomic mass is 10.2. The van der Waals surface area contributed by atoms with Gasteiger partial charge < -0.3 is 5.32 Å². The fourth-order valence-electron chi connectivity index (χ4n) is 2.32. The number of benzene rings is 2. The van der Waals surface area contributed by atoms with Gasteiger partial charge in [0.25, 0.3) is 0 Å². The third-order valence-corrected chi connectivity index (χ3v) is 4.98. The Balaban J connectivity index is 1.68. The van der Waals surface area contributed by atoms with Crippen LogP contribution in [-0.4, -0.2) is 45.9 Å². The lowest BCUT2D eigenvalue weighted by Gasteiger charge is -2.16. The van der Waals surface area contributed by atoms with E-state index in [0.29, 0.717) is 6.54 Å². The fraction of sp³-hybridized carbons (Fsp3) is 0.278. The second-order valence-corrected chi connectivity index (χ2v) is 7.49. The van der Waals surface area contributed by atoms with E-state index in [1.807, 2.05) is 42.3 Å². The second-order valence-electron chi connectivity index (χ2n) is 5.72. The van der Waals surface area contributed by atoms with Gasteiger partial charge in [0.2, 0.25) is 15.9 Å². The first-order valence-electron chi connectivity index (χ1n) is 8.01. The number of likely N-dealkylation sites (N-methyl/N-ethyl adjacent to an activating group) is 1. The molecule has 6 nitrogen and oxygen atoms in total. The summed E-state index contributed by atoms with van der Waals surface area (Å²) in [6.45, 7) is 1.31. The molecular formula is C18H23N3O3S. The number of hydrogen-bond acceptors (Lipinski definition) is 4. The zero-order chi connectivity index (χ0) is 18.1. The summed E-state index contributed by atoms with van der Waals surface area (Å²) in [5.74, 6) is -0.141. The molecule has 0 atom stereocenters. The summed E-state index contributed by atoms with van der Waals surface area (Å²) in [5.41, 5.74) is 1.13. The first-order chi connectivity index (χ1) is 12.0. The van der Waals surface area contributed by atoms with E-state index in [2.05, 4.69) is 10.0 Å². The predicted molar refractivity (Wildman–Crippen MR) is 97.4 cm³/mol. The smallest absolute Gasteiger partial charge is 0.240 e. The number of hydrogen-bond donors (Lipinski definition) is 2. The number of carbonyl (C=O) groups is 1. The van der Waals surface area contributed by atoms with Crippen molar-refractivity contribution in [1.82, 2.24) is 14.9 Å². The van der Waals surface area contributed by atoms with Crippen LogP contribution in [0.2, 0.25) is 0 Å². The summed E-state index contributed by atoms with van der Waals surface area (Å²) in [4.78, 5) is 14.0. The minimum atomic E-state index is -3.53. The standard InChI is InChI=1S/C18H23N3O3S/c1-21(14-16-8-4-2-5-9-16)15-18(22)19-12-13-20-25(23,24)17-10-6-3-7-11-17/h2-11,20H,12-15H2,1H3,(H,19,22). The van der Waals surface area contributed by atoms with Crippen molar-refractivity contribution in [2.24, 2.45) is 0 Å². The molecule has 1 amide bonds. The first-order valence-corrected chi connectivity index (χ1v) is 9.49. The molecular weight excluding hydrogens is 338 g/mol. The lowest BCUT2D eigenvalue weighted by Crippen LogP contribution is -2.39. The van der Waals surface area contributed by atoms with Crippen LogP contribution < -0.4 is 10.0 Å². The highest BCUT2D eigenvalue weighted by atomic mass is 32.2. The Hall–Kier alpha value is -2.22. The molecule has 0 saturated heterocycles. The lowest BCUT2D eigenvalue weighted by molar-refractivity contribution is -0.122. The minimum absolute atomic E-state index is 0.141. The quantitative estimate of drug-likeness (QED) is 0.658. The maximum absolute atomic E-state index is 12.0. The Labute approximate surface area is 148 Å². The highest BCUT2D eigenvalue weighted by Gasteiger charge is 2.12. The van der Waals surface area contributed by atoms with Gasteiger partial charge in [-0.05, 0) is 24.7 Å². The number of nitrogens with one attached hydrogen (secondary N) is 2. The van der Waals surface area contributed by atoms with E-state index < -0.39 is 10.0 Å². The topological polar surface area (TPSA) is 78.5 Å². The zero-order valence-corrected chi connectivity index (χ0v) is 15.0. The van der Waals surface area contributed by atoms with Crippen LogP contribution >= 0.6 is 0 Å². The maximum Gasteiger partial charge on any atom is 0.240 e. The number of rotatable bonds is 9. The summed E-state index contributed by atoms with van der Waals surface area (Å²) in [7, 11) is -1.67. The molecule has 25 heavy (non-hydrogen) atoms. The second kappa shape index (κ2) is 9.31. The van der Waals surface area contributed by atoms with E-state index in [1.165, 1.54) is 12.1 Å². The number of amides is 1. The van der Waals surface area contributed by atoms with E-state index >= 15 is 0 Å². The van der Waals surface area contributed by atoms with Crippen LogP contribution in [0.3, 0.4) is 0 Å². The normalized spacial score (nSPS) is 11.4. The van der Waals surface area contributed by atoms with E-state index in [-0.39, 0.29) is 30.4 Å². The Kier molecular flexibility index (Phi) is 7.12. The average molecular weight is 361 g/mol. The van der Waals surface area contributed by atoms with Gasteiger partial charge in [0.05, 0.1) is 11.4 Å². The van der Waals surface area contributed by atoms with Crippen LogP contribution in [0.25, 0.3) is 0 Å². The predicted octanol–water partition coefficient (Wildman–Crippen LogP) is 1.21. The van der Waals surface area contributed by atoms with Gasteiger partial charge in [-0.3, -0.25) is 9.69 Å². The van der Waals surface area contributed by atoms with Crippen LogP contribution in [0.1, 0.15) is 5.56 Å². The van der Waals surface area contributed by atoms with E-state index in [9.17, 15) is 13.2 Å². The Bertz CT molecular complexity index is 765. The van der Waals surface area contributed by atoms with Crippen molar-refractivity contribution in [2.75, 3.05) is 26.7 Å². The van der Waals surface area contributed by atoms with Crippen LogP contribution in [-0.2, 0) is 21.4 Å². The van der Waals surface area contributed by atoms with E-state index in [1.54, 1.807) is 18.2 Å². The fourth-order valence-corrected chi connectivity index (χ4v) is 3.38. The van der Waals surface area contributed by atoms with Crippen molar-refractivity contribution in [1.29, 1.82) is 0 Å². The van der Waals surface area contributed by atoms with Crippen molar-refractivity contribution >= 4 is 15.9 Å². The monoisotopic (exact) mass is 361 g/mol. The third kappa shape index (κ3) is 6.66. The Morgan fingerprint density at radius 3 is 2.20 bits per heavy atom. The van der Waals surface area contributed by atoms with E-state index in [4.69, 9.17) is 0 Å². The molecule has 2 aromatic rings. The molecule has 0 saturated carbocycles. The van der Waals surface area contributed by atoms with Gasteiger partial charge in [-0.2, -0.15) is 0 Å². The molecule has 7 heteroatoms. The summed E-state index contributed by atoms with van der Waals surface area (Å²) in [6, 6.07) is 18.0. The molecule has 0 fully saturated rings. The maximum atomic E-state index is 12.0. The molecule has 0 aliphatic rings. The summed E-state index contributed by atoms with van der Waals surface area (Å²) in [6.07, 6.45) is 0. The van der Waals surface area contributed by atoms with Crippen molar-refractivity contribution in [2.45, 2.75) is 11.4 Å². The van der Waals surface area contributed by atoms with Gasteiger partial charge in [-0.15, -0.1) is 0 Å². The SMILES string of the molecule is CN(CC(=O)NCCNS(=O)(=O)c1ccccc1)Cc1ccccc1. The first kappa shape index (κ1) is 19.1. The largest absolute Gasteiger partial charge is 0.354 e. The molecule has 0 aliphatic heterocycles. The zero-order valence-electron chi connectivity index (χ0n) is 14.2. The molecule has 0 heterocycles. The number of carbonyl (C=O) groups excluding carboxylic acids is 1. The van der Waals surface area contributed by atoms with Crippen LogP contribution in [0, 0.1) is 0 Å². The number of sulfonamides is 1. The molecule has 2 aromatic carbocycles. The molecule has 0 unspecified atom stereocenters. The summed E-state index contributed by atoms with van der Waals surface area (Å²) < 4.78 is 26.5. The van der Waals surface area contributed by atoms with Gasteiger partial charge >= 0.3 is 0 Å². The summed E-state index contributed by atoms with van der Waals surface area (Å²) >= 11 is 0. The van der Waals surface area contributed by atoms with Crippen molar-refractivity contribution in [3.05, 3.63) is 66.2 Å². The highest BCUT2D eigenvalue weighted by Crippen LogP contribution is 2.06. The molecule has 134 valence electrons. The van der Waals surface area contributed by atoms with Gasteiger partial charge in [0.1, 0.15) is 0 Å². The molecule has 0 spiro atoms.